The molecule has 1 aliphatic heterocycles. The first kappa shape index (κ1) is 12.0. The normalized spacial score (nSPS) is 31.1. The minimum absolute atomic E-state index is 0.825. The molecule has 98 valence electrons. The molecule has 2 saturated carbocycles. The van der Waals surface area contributed by atoms with Gasteiger partial charge in [-0.1, -0.05) is 6.42 Å². The van der Waals surface area contributed by atoms with Crippen LogP contribution in [0.1, 0.15) is 51.9 Å². The fraction of sp³-hybridized carbons (Fsp3) is 1.00. The Bertz CT molecular complexity index is 233. The highest BCUT2D eigenvalue weighted by Crippen LogP contribution is 2.44. The third-order valence-electron chi connectivity index (χ3n) is 4.98. The van der Waals surface area contributed by atoms with E-state index in [1.165, 1.54) is 64.6 Å². The number of hydrogen-bond acceptors (Lipinski definition) is 2. The van der Waals surface area contributed by atoms with E-state index in [2.05, 4.69) is 17.1 Å². The van der Waals surface area contributed by atoms with Gasteiger partial charge in [0.05, 0.1) is 0 Å². The molecule has 1 atom stereocenters. The van der Waals surface area contributed by atoms with Crippen LogP contribution in [0, 0.1) is 11.8 Å². The molecule has 0 amide bonds. The summed E-state index contributed by atoms with van der Waals surface area (Å²) in [7, 11) is 0. The Morgan fingerprint density at radius 1 is 1.06 bits per heavy atom. The van der Waals surface area contributed by atoms with Crippen molar-refractivity contribution in [2.24, 2.45) is 11.8 Å². The van der Waals surface area contributed by atoms with Crippen LogP contribution in [0.5, 0.6) is 0 Å². The third kappa shape index (κ3) is 3.23. The van der Waals surface area contributed by atoms with E-state index in [9.17, 15) is 0 Å². The lowest BCUT2D eigenvalue weighted by atomic mass is 10.0. The zero-order valence-electron chi connectivity index (χ0n) is 11.3. The maximum Gasteiger partial charge on any atom is 0.0124 e. The van der Waals surface area contributed by atoms with Crippen LogP contribution < -0.4 is 5.32 Å². The molecule has 0 aromatic carbocycles. The fourth-order valence-corrected chi connectivity index (χ4v) is 3.49. The van der Waals surface area contributed by atoms with Crippen molar-refractivity contribution in [1.82, 2.24) is 10.2 Å². The minimum Gasteiger partial charge on any atom is -0.312 e. The number of hydrogen-bond donors (Lipinski definition) is 1. The zero-order chi connectivity index (χ0) is 11.7. The standard InChI is InChI=1S/C15H28N2/c1-12-4-2-3-10-17(12)11-9-16-15(13-5-6-13)14-7-8-14/h12-16H,2-11H2,1H3. The maximum atomic E-state index is 3.87. The van der Waals surface area contributed by atoms with Crippen molar-refractivity contribution in [3.05, 3.63) is 0 Å². The quantitative estimate of drug-likeness (QED) is 0.763. The molecule has 3 aliphatic rings. The van der Waals surface area contributed by atoms with Crippen LogP contribution in [0.25, 0.3) is 0 Å². The molecule has 1 unspecified atom stereocenters. The van der Waals surface area contributed by atoms with Gasteiger partial charge in [-0.05, 0) is 63.8 Å². The predicted octanol–water partition coefficient (Wildman–Crippen LogP) is 2.64. The van der Waals surface area contributed by atoms with E-state index in [0.29, 0.717) is 0 Å². The van der Waals surface area contributed by atoms with Gasteiger partial charge in [0.25, 0.3) is 0 Å². The molecule has 3 rings (SSSR count). The Kier molecular flexibility index (Phi) is 3.72. The number of nitrogens with one attached hydrogen (secondary N) is 1. The summed E-state index contributed by atoms with van der Waals surface area (Å²) in [4.78, 5) is 2.69. The van der Waals surface area contributed by atoms with Crippen LogP contribution in [0.2, 0.25) is 0 Å². The monoisotopic (exact) mass is 236 g/mol. The van der Waals surface area contributed by atoms with Crippen molar-refractivity contribution in [3.8, 4) is 0 Å². The second-order valence-electron chi connectivity index (χ2n) is 6.54. The van der Waals surface area contributed by atoms with Crippen LogP contribution in [-0.4, -0.2) is 36.6 Å². The van der Waals surface area contributed by atoms with Gasteiger partial charge in [0.2, 0.25) is 0 Å². The Balaban J connectivity index is 1.38. The lowest BCUT2D eigenvalue weighted by Gasteiger charge is -2.33. The average Bonchev–Trinajstić information content (AvgIpc) is 3.18. The highest BCUT2D eigenvalue weighted by atomic mass is 15.2. The summed E-state index contributed by atoms with van der Waals surface area (Å²) in [6.45, 7) is 6.23. The summed E-state index contributed by atoms with van der Waals surface area (Å²) >= 11 is 0. The Morgan fingerprint density at radius 2 is 1.76 bits per heavy atom. The molecule has 17 heavy (non-hydrogen) atoms. The van der Waals surface area contributed by atoms with Gasteiger partial charge in [0.1, 0.15) is 0 Å². The van der Waals surface area contributed by atoms with Gasteiger partial charge in [-0.15, -0.1) is 0 Å². The summed E-state index contributed by atoms with van der Waals surface area (Å²) in [6, 6.07) is 1.71. The third-order valence-corrected chi connectivity index (χ3v) is 4.98. The molecule has 0 aromatic rings. The molecule has 0 bridgehead atoms. The molecule has 2 heteroatoms. The minimum atomic E-state index is 0.825. The number of likely N-dealkylation sites (tertiary alicyclic amines) is 1. The van der Waals surface area contributed by atoms with Crippen LogP contribution in [0.3, 0.4) is 0 Å². The van der Waals surface area contributed by atoms with Gasteiger partial charge in [0.15, 0.2) is 0 Å². The Morgan fingerprint density at radius 3 is 2.35 bits per heavy atom. The molecule has 2 aliphatic carbocycles. The lowest BCUT2D eigenvalue weighted by Crippen LogP contribution is -2.44. The van der Waals surface area contributed by atoms with E-state index in [0.717, 1.165) is 23.9 Å². The van der Waals surface area contributed by atoms with E-state index < -0.39 is 0 Å². The van der Waals surface area contributed by atoms with Gasteiger partial charge in [0, 0.05) is 25.2 Å². The fourth-order valence-electron chi connectivity index (χ4n) is 3.49. The molecular weight excluding hydrogens is 208 g/mol. The highest BCUT2D eigenvalue weighted by molar-refractivity contribution is 4.96. The number of nitrogens with zero attached hydrogens (tertiary/aromatic N) is 1. The van der Waals surface area contributed by atoms with Crippen molar-refractivity contribution in [1.29, 1.82) is 0 Å². The summed E-state index contributed by atoms with van der Waals surface area (Å²) in [6.07, 6.45) is 10.2. The van der Waals surface area contributed by atoms with Crippen molar-refractivity contribution in [3.63, 3.8) is 0 Å². The average molecular weight is 236 g/mol. The van der Waals surface area contributed by atoms with Crippen LogP contribution >= 0.6 is 0 Å². The second-order valence-corrected chi connectivity index (χ2v) is 6.54. The molecule has 1 saturated heterocycles. The van der Waals surface area contributed by atoms with E-state index in [1.54, 1.807) is 0 Å². The van der Waals surface area contributed by atoms with Crippen molar-refractivity contribution < 1.29 is 0 Å². The largest absolute Gasteiger partial charge is 0.312 e. The van der Waals surface area contributed by atoms with Crippen molar-refractivity contribution >= 4 is 0 Å². The molecule has 0 aromatic heterocycles. The van der Waals surface area contributed by atoms with Gasteiger partial charge in [-0.2, -0.15) is 0 Å². The van der Waals surface area contributed by atoms with Crippen LogP contribution in [-0.2, 0) is 0 Å². The lowest BCUT2D eigenvalue weighted by molar-refractivity contribution is 0.158. The molecule has 3 fully saturated rings. The first-order valence-electron chi connectivity index (χ1n) is 7.82. The number of piperidine rings is 1. The second kappa shape index (κ2) is 5.27. The predicted molar refractivity (Wildman–Crippen MR) is 72.1 cm³/mol. The first-order valence-corrected chi connectivity index (χ1v) is 7.82. The Labute approximate surface area is 106 Å². The van der Waals surface area contributed by atoms with Crippen LogP contribution in [0.15, 0.2) is 0 Å². The van der Waals surface area contributed by atoms with Gasteiger partial charge >= 0.3 is 0 Å². The smallest absolute Gasteiger partial charge is 0.0124 e. The van der Waals surface area contributed by atoms with Crippen molar-refractivity contribution in [2.45, 2.75) is 64.0 Å². The molecule has 1 heterocycles. The van der Waals surface area contributed by atoms with Crippen molar-refractivity contribution in [2.75, 3.05) is 19.6 Å². The van der Waals surface area contributed by atoms with E-state index in [4.69, 9.17) is 0 Å². The molecule has 0 radical (unpaired) electrons. The molecule has 1 N–H and O–H groups in total. The Hall–Kier alpha value is -0.0800. The van der Waals surface area contributed by atoms with Gasteiger partial charge < -0.3 is 5.32 Å². The summed E-state index contributed by atoms with van der Waals surface area (Å²) in [5.74, 6) is 2.09. The summed E-state index contributed by atoms with van der Waals surface area (Å²) in [5.41, 5.74) is 0. The van der Waals surface area contributed by atoms with Gasteiger partial charge in [-0.25, -0.2) is 0 Å². The zero-order valence-corrected chi connectivity index (χ0v) is 11.3. The van der Waals surface area contributed by atoms with E-state index in [-0.39, 0.29) is 0 Å². The number of rotatable bonds is 6. The van der Waals surface area contributed by atoms with Gasteiger partial charge in [-0.3, -0.25) is 4.90 Å². The highest BCUT2D eigenvalue weighted by Gasteiger charge is 2.40. The first-order chi connectivity index (χ1) is 8.34. The SMILES string of the molecule is CC1CCCCN1CCNC(C1CC1)C1CC1. The molecular formula is C15H28N2. The summed E-state index contributed by atoms with van der Waals surface area (Å²) < 4.78 is 0. The maximum absolute atomic E-state index is 3.87. The molecule has 0 spiro atoms. The van der Waals surface area contributed by atoms with Crippen LogP contribution in [0.4, 0.5) is 0 Å². The topological polar surface area (TPSA) is 15.3 Å². The molecule has 2 nitrogen and oxygen atoms in total. The summed E-state index contributed by atoms with van der Waals surface area (Å²) in [5, 5.41) is 3.87. The van der Waals surface area contributed by atoms with E-state index in [1.807, 2.05) is 0 Å². The van der Waals surface area contributed by atoms with E-state index >= 15 is 0 Å².